The fourth-order valence-electron chi connectivity index (χ4n) is 1.74. The van der Waals surface area contributed by atoms with Crippen LogP contribution in [0.25, 0.3) is 0 Å². The summed E-state index contributed by atoms with van der Waals surface area (Å²) in [5.41, 5.74) is 2.56. The molecule has 2 rings (SSSR count). The average Bonchev–Trinajstić information content (AvgIpc) is 2.31. The maximum Gasteiger partial charge on any atom is 0.225 e. The third-order valence-corrected chi connectivity index (χ3v) is 3.29. The number of halogens is 1. The molecule has 0 radical (unpaired) electrons. The Labute approximate surface area is 115 Å². The molecule has 3 nitrogen and oxygen atoms in total. The Kier molecular flexibility index (Phi) is 3.99. The van der Waals surface area contributed by atoms with Crippen LogP contribution >= 0.6 is 15.9 Å². The first-order chi connectivity index (χ1) is 8.61. The lowest BCUT2D eigenvalue weighted by atomic mass is 10.1. The summed E-state index contributed by atoms with van der Waals surface area (Å²) < 4.78 is 6.63. The number of para-hydroxylation sites is 1. The number of nitrogens with zero attached hydrogens (tertiary/aromatic N) is 1. The molecule has 1 aromatic heterocycles. The van der Waals surface area contributed by atoms with E-state index in [9.17, 15) is 5.11 Å². The molecule has 4 heteroatoms. The second kappa shape index (κ2) is 5.50. The SMILES string of the molecule is Cc1cc(C)c(CO)c(Oc2ccccc2Br)n1. The molecule has 0 unspecified atom stereocenters. The van der Waals surface area contributed by atoms with Gasteiger partial charge in [-0.1, -0.05) is 12.1 Å². The molecular formula is C14H14BrNO2. The van der Waals surface area contributed by atoms with Crippen molar-refractivity contribution in [2.24, 2.45) is 0 Å². The number of aliphatic hydroxyl groups excluding tert-OH is 1. The molecule has 0 aliphatic carbocycles. The highest BCUT2D eigenvalue weighted by atomic mass is 79.9. The summed E-state index contributed by atoms with van der Waals surface area (Å²) in [6, 6.07) is 9.49. The van der Waals surface area contributed by atoms with Crippen LogP contribution in [0.15, 0.2) is 34.8 Å². The zero-order valence-corrected chi connectivity index (χ0v) is 11.9. The first-order valence-electron chi connectivity index (χ1n) is 5.62. The zero-order chi connectivity index (χ0) is 13.1. The predicted molar refractivity (Wildman–Crippen MR) is 73.8 cm³/mol. The molecule has 0 amide bonds. The lowest BCUT2D eigenvalue weighted by Crippen LogP contribution is -2.00. The molecule has 0 fully saturated rings. The fourth-order valence-corrected chi connectivity index (χ4v) is 2.10. The molecule has 1 aromatic carbocycles. The van der Waals surface area contributed by atoms with Crippen molar-refractivity contribution in [3.8, 4) is 11.6 Å². The minimum absolute atomic E-state index is 0.0844. The van der Waals surface area contributed by atoms with Gasteiger partial charge in [0.1, 0.15) is 5.75 Å². The van der Waals surface area contributed by atoms with Gasteiger partial charge in [-0.15, -0.1) is 0 Å². The summed E-state index contributed by atoms with van der Waals surface area (Å²) in [5.74, 6) is 1.15. The van der Waals surface area contributed by atoms with Crippen molar-refractivity contribution >= 4 is 15.9 Å². The predicted octanol–water partition coefficient (Wildman–Crippen LogP) is 3.75. The van der Waals surface area contributed by atoms with E-state index in [4.69, 9.17) is 4.74 Å². The molecule has 0 saturated heterocycles. The van der Waals surface area contributed by atoms with Crippen molar-refractivity contribution in [2.45, 2.75) is 20.5 Å². The molecule has 0 spiro atoms. The van der Waals surface area contributed by atoms with Gasteiger partial charge in [-0.25, -0.2) is 4.98 Å². The summed E-state index contributed by atoms with van der Waals surface area (Å²) in [5, 5.41) is 9.41. The van der Waals surface area contributed by atoms with Gasteiger partial charge in [0.05, 0.1) is 11.1 Å². The molecule has 0 saturated carbocycles. The van der Waals surface area contributed by atoms with Crippen LogP contribution in [0.3, 0.4) is 0 Å². The number of hydrogen-bond donors (Lipinski definition) is 1. The van der Waals surface area contributed by atoms with E-state index in [2.05, 4.69) is 20.9 Å². The molecule has 0 bridgehead atoms. The summed E-state index contributed by atoms with van der Waals surface area (Å²) in [6.07, 6.45) is 0. The summed E-state index contributed by atoms with van der Waals surface area (Å²) in [6.45, 7) is 3.76. The normalized spacial score (nSPS) is 10.4. The lowest BCUT2D eigenvalue weighted by molar-refractivity contribution is 0.274. The summed E-state index contributed by atoms with van der Waals surface area (Å²) in [4.78, 5) is 4.34. The van der Waals surface area contributed by atoms with Gasteiger partial charge in [0.15, 0.2) is 0 Å². The van der Waals surface area contributed by atoms with E-state index in [1.807, 2.05) is 44.2 Å². The van der Waals surface area contributed by atoms with Crippen LogP contribution in [0, 0.1) is 13.8 Å². The Bertz CT molecular complexity index is 570. The van der Waals surface area contributed by atoms with Crippen molar-refractivity contribution in [3.63, 3.8) is 0 Å². The standard InChI is InChI=1S/C14H14BrNO2/c1-9-7-10(2)16-14(11(9)8-17)18-13-6-4-3-5-12(13)15/h3-7,17H,8H2,1-2H3. The van der Waals surface area contributed by atoms with Gasteiger partial charge in [-0.05, 0) is 53.5 Å². The molecule has 1 N–H and O–H groups in total. The van der Waals surface area contributed by atoms with E-state index >= 15 is 0 Å². The number of rotatable bonds is 3. The van der Waals surface area contributed by atoms with Crippen molar-refractivity contribution in [1.82, 2.24) is 4.98 Å². The number of hydrogen-bond acceptors (Lipinski definition) is 3. The van der Waals surface area contributed by atoms with E-state index in [1.54, 1.807) is 0 Å². The Morgan fingerprint density at radius 3 is 2.67 bits per heavy atom. The maximum atomic E-state index is 9.41. The highest BCUT2D eigenvalue weighted by Crippen LogP contribution is 2.31. The second-order valence-corrected chi connectivity index (χ2v) is 4.91. The Morgan fingerprint density at radius 1 is 1.28 bits per heavy atom. The molecule has 2 aromatic rings. The number of ether oxygens (including phenoxy) is 1. The molecule has 18 heavy (non-hydrogen) atoms. The first-order valence-corrected chi connectivity index (χ1v) is 6.41. The molecule has 94 valence electrons. The van der Waals surface area contributed by atoms with Crippen molar-refractivity contribution in [2.75, 3.05) is 0 Å². The topological polar surface area (TPSA) is 42.4 Å². The number of pyridine rings is 1. The Balaban J connectivity index is 2.43. The average molecular weight is 308 g/mol. The quantitative estimate of drug-likeness (QED) is 0.939. The van der Waals surface area contributed by atoms with Crippen LogP contribution in [0.1, 0.15) is 16.8 Å². The van der Waals surface area contributed by atoms with Crippen molar-refractivity contribution in [3.05, 3.63) is 51.6 Å². The van der Waals surface area contributed by atoms with Gasteiger partial charge >= 0.3 is 0 Å². The van der Waals surface area contributed by atoms with Crippen LogP contribution in [0.4, 0.5) is 0 Å². The highest BCUT2D eigenvalue weighted by Gasteiger charge is 2.11. The van der Waals surface area contributed by atoms with Gasteiger partial charge in [-0.2, -0.15) is 0 Å². The van der Waals surface area contributed by atoms with Gasteiger partial charge in [0.25, 0.3) is 0 Å². The Morgan fingerprint density at radius 2 is 2.00 bits per heavy atom. The maximum absolute atomic E-state index is 9.41. The van der Waals surface area contributed by atoms with E-state index in [0.29, 0.717) is 11.6 Å². The van der Waals surface area contributed by atoms with E-state index in [-0.39, 0.29) is 6.61 Å². The van der Waals surface area contributed by atoms with Gasteiger partial charge in [-0.3, -0.25) is 0 Å². The molecule has 1 heterocycles. The number of aryl methyl sites for hydroxylation is 2. The van der Waals surface area contributed by atoms with Crippen LogP contribution in [-0.2, 0) is 6.61 Å². The van der Waals surface area contributed by atoms with Crippen LogP contribution < -0.4 is 4.74 Å². The number of benzene rings is 1. The van der Waals surface area contributed by atoms with Gasteiger partial charge in [0.2, 0.25) is 5.88 Å². The molecule has 0 aliphatic heterocycles. The number of aliphatic hydroxyl groups is 1. The van der Waals surface area contributed by atoms with Crippen LogP contribution in [-0.4, -0.2) is 10.1 Å². The third-order valence-electron chi connectivity index (χ3n) is 2.64. The van der Waals surface area contributed by atoms with Crippen LogP contribution in [0.2, 0.25) is 0 Å². The van der Waals surface area contributed by atoms with E-state index in [1.165, 1.54) is 0 Å². The lowest BCUT2D eigenvalue weighted by Gasteiger charge is -2.12. The minimum atomic E-state index is -0.0844. The van der Waals surface area contributed by atoms with Crippen molar-refractivity contribution in [1.29, 1.82) is 0 Å². The van der Waals surface area contributed by atoms with Crippen LogP contribution in [0.5, 0.6) is 11.6 Å². The Hall–Kier alpha value is -1.39. The molecule has 0 aliphatic rings. The summed E-state index contributed by atoms with van der Waals surface area (Å²) in [7, 11) is 0. The first kappa shape index (κ1) is 13.1. The van der Waals surface area contributed by atoms with Gasteiger partial charge < -0.3 is 9.84 Å². The smallest absolute Gasteiger partial charge is 0.225 e. The van der Waals surface area contributed by atoms with Crippen molar-refractivity contribution < 1.29 is 9.84 Å². The number of aromatic nitrogens is 1. The second-order valence-electron chi connectivity index (χ2n) is 4.05. The third kappa shape index (κ3) is 2.71. The largest absolute Gasteiger partial charge is 0.437 e. The molecule has 0 atom stereocenters. The zero-order valence-electron chi connectivity index (χ0n) is 10.3. The van der Waals surface area contributed by atoms with E-state index in [0.717, 1.165) is 21.3 Å². The molecular weight excluding hydrogens is 294 g/mol. The summed E-state index contributed by atoms with van der Waals surface area (Å²) >= 11 is 3.42. The highest BCUT2D eigenvalue weighted by molar-refractivity contribution is 9.10. The monoisotopic (exact) mass is 307 g/mol. The van der Waals surface area contributed by atoms with Gasteiger partial charge in [0, 0.05) is 11.3 Å². The van der Waals surface area contributed by atoms with E-state index < -0.39 is 0 Å². The fraction of sp³-hybridized carbons (Fsp3) is 0.214. The minimum Gasteiger partial charge on any atom is -0.437 e.